The molecular formula is C48H88O4Si3. The van der Waals surface area contributed by atoms with E-state index in [0.29, 0.717) is 55.8 Å². The Kier molecular flexibility index (Phi) is 16.0. The summed E-state index contributed by atoms with van der Waals surface area (Å²) in [5, 5.41) is 0. The maximum atomic E-state index is 7.89. The molecule has 0 unspecified atom stereocenters. The lowest BCUT2D eigenvalue weighted by Gasteiger charge is -2.52. The van der Waals surface area contributed by atoms with Crippen LogP contribution in [0.3, 0.4) is 0 Å². The van der Waals surface area contributed by atoms with Gasteiger partial charge in [0.2, 0.25) is 0 Å². The zero-order valence-electron chi connectivity index (χ0n) is 39.2. The van der Waals surface area contributed by atoms with Crippen LogP contribution in [0.25, 0.3) is 0 Å². The van der Waals surface area contributed by atoms with Crippen molar-refractivity contribution in [2.24, 2.45) is 11.8 Å². The van der Waals surface area contributed by atoms with Gasteiger partial charge in [0.15, 0.2) is 0 Å². The van der Waals surface area contributed by atoms with E-state index in [2.05, 4.69) is 143 Å². The molecule has 0 aromatic heterocycles. The normalized spacial score (nSPS) is 24.8. The molecule has 0 amide bonds. The van der Waals surface area contributed by atoms with Gasteiger partial charge in [-0.15, -0.1) is 0 Å². The maximum absolute atomic E-state index is 7.89. The Labute approximate surface area is 344 Å². The van der Waals surface area contributed by atoms with E-state index in [9.17, 15) is 0 Å². The second kappa shape index (κ2) is 18.9. The Morgan fingerprint density at radius 2 is 1.11 bits per heavy atom. The third-order valence-corrected chi connectivity index (χ3v) is 33.2. The molecule has 4 rings (SSSR count). The Morgan fingerprint density at radius 3 is 1.58 bits per heavy atom. The molecule has 0 N–H and O–H groups in total. The van der Waals surface area contributed by atoms with Gasteiger partial charge in [0, 0.05) is 12.3 Å². The van der Waals surface area contributed by atoms with E-state index in [-0.39, 0.29) is 18.1 Å². The zero-order valence-corrected chi connectivity index (χ0v) is 42.2. The lowest BCUT2D eigenvalue weighted by molar-refractivity contribution is -0.0488. The van der Waals surface area contributed by atoms with Crippen molar-refractivity contribution in [3.05, 3.63) is 46.7 Å². The quantitative estimate of drug-likeness (QED) is 0.108. The van der Waals surface area contributed by atoms with E-state index in [4.69, 9.17) is 18.0 Å². The fourth-order valence-electron chi connectivity index (χ4n) is 12.9. The Bertz CT molecular complexity index is 1330. The van der Waals surface area contributed by atoms with Crippen LogP contribution in [0.4, 0.5) is 0 Å². The van der Waals surface area contributed by atoms with Crippen molar-refractivity contribution in [3.8, 4) is 0 Å². The highest BCUT2D eigenvalue weighted by molar-refractivity contribution is 6.78. The van der Waals surface area contributed by atoms with Crippen LogP contribution < -0.4 is 0 Å². The highest BCUT2D eigenvalue weighted by atomic mass is 28.4. The first-order valence-electron chi connectivity index (χ1n) is 23.2. The number of allylic oxidation sites excluding steroid dienone is 3. The molecule has 4 atom stereocenters. The molecule has 1 heterocycles. The van der Waals surface area contributed by atoms with E-state index in [1.54, 1.807) is 5.57 Å². The number of rotatable bonds is 17. The fraction of sp³-hybridized carbons (Fsp3) is 0.833. The summed E-state index contributed by atoms with van der Waals surface area (Å²) < 4.78 is 30.8. The van der Waals surface area contributed by atoms with Gasteiger partial charge in [-0.25, -0.2) is 0 Å². The van der Waals surface area contributed by atoms with E-state index in [1.165, 1.54) is 49.2 Å². The fourth-order valence-corrected chi connectivity index (χ4v) is 28.8. The van der Waals surface area contributed by atoms with E-state index in [0.717, 1.165) is 31.4 Å². The molecule has 0 aromatic carbocycles. The molecule has 0 bridgehead atoms. The third kappa shape index (κ3) is 9.10. The summed E-state index contributed by atoms with van der Waals surface area (Å²) in [4.78, 5) is 0. The molecule has 0 spiro atoms. The van der Waals surface area contributed by atoms with Gasteiger partial charge in [-0.1, -0.05) is 137 Å². The summed E-state index contributed by atoms with van der Waals surface area (Å²) in [5.74, 6) is 4.29. The minimum Gasteiger partial charge on any atom is -0.546 e. The average molecular weight is 813 g/mol. The van der Waals surface area contributed by atoms with Crippen molar-refractivity contribution in [1.29, 1.82) is 0 Å². The average Bonchev–Trinajstić information content (AvgIpc) is 3.09. The van der Waals surface area contributed by atoms with Crippen LogP contribution in [0.5, 0.6) is 0 Å². The van der Waals surface area contributed by atoms with Gasteiger partial charge in [0.1, 0.15) is 11.9 Å². The van der Waals surface area contributed by atoms with Crippen molar-refractivity contribution in [2.75, 3.05) is 0 Å². The summed E-state index contributed by atoms with van der Waals surface area (Å²) >= 11 is 0. The topological polar surface area (TPSA) is 36.9 Å². The second-order valence-electron chi connectivity index (χ2n) is 21.0. The van der Waals surface area contributed by atoms with Gasteiger partial charge in [-0.05, 0) is 124 Å². The summed E-state index contributed by atoms with van der Waals surface area (Å²) in [6.45, 7) is 43.6. The molecule has 0 radical (unpaired) electrons. The first kappa shape index (κ1) is 46.7. The Balaban J connectivity index is 1.96. The van der Waals surface area contributed by atoms with Gasteiger partial charge in [0.25, 0.3) is 25.0 Å². The highest BCUT2D eigenvalue weighted by Gasteiger charge is 2.54. The van der Waals surface area contributed by atoms with Gasteiger partial charge in [0.05, 0.1) is 17.6 Å². The molecule has 55 heavy (non-hydrogen) atoms. The standard InChI is InChI=1S/C48H88O4Si3/c1-31(2)53(32(3)4,33(5)6)50-44(40-24-20-19-21-25-40)28-41-29-47(52-55(37(13)14,38(15)16)39(17)18)48-43-27-23-22-26-42(43)45(30-46(48)49-41)51-54(34(7)8,35(9)10)36(11)12/h24,28-29,31-39,41,43,46,48H,19-23,25-27,30H2,1-18H3/b44-28-/t41-,43+,46-,48+/m0/s1. The van der Waals surface area contributed by atoms with Crippen molar-refractivity contribution in [2.45, 2.75) is 244 Å². The van der Waals surface area contributed by atoms with Crippen molar-refractivity contribution < 1.29 is 18.0 Å². The number of hydrogen-bond donors (Lipinski definition) is 0. The van der Waals surface area contributed by atoms with Crippen LogP contribution in [-0.2, 0) is 18.0 Å². The number of ether oxygens (including phenoxy) is 1. The molecule has 1 aliphatic heterocycles. The van der Waals surface area contributed by atoms with Crippen LogP contribution in [0.2, 0.25) is 49.9 Å². The molecule has 4 nitrogen and oxygen atoms in total. The van der Waals surface area contributed by atoms with Crippen LogP contribution >= 0.6 is 0 Å². The van der Waals surface area contributed by atoms with E-state index in [1.807, 2.05) is 0 Å². The highest BCUT2D eigenvalue weighted by Crippen LogP contribution is 2.55. The molecule has 7 heteroatoms. The predicted molar refractivity (Wildman–Crippen MR) is 245 cm³/mol. The molecule has 3 aliphatic carbocycles. The summed E-state index contributed by atoms with van der Waals surface area (Å²) in [6, 6.07) is 0. The van der Waals surface area contributed by atoms with Crippen LogP contribution in [0.1, 0.15) is 182 Å². The van der Waals surface area contributed by atoms with E-state index < -0.39 is 25.0 Å². The van der Waals surface area contributed by atoms with Gasteiger partial charge in [-0.3, -0.25) is 0 Å². The van der Waals surface area contributed by atoms with Gasteiger partial charge < -0.3 is 18.0 Å². The molecule has 4 aliphatic rings. The van der Waals surface area contributed by atoms with Crippen molar-refractivity contribution >= 4 is 25.0 Å². The third-order valence-electron chi connectivity index (χ3n) is 15.2. The zero-order chi connectivity index (χ0) is 41.2. The minimum atomic E-state index is -2.25. The van der Waals surface area contributed by atoms with Crippen molar-refractivity contribution in [3.63, 3.8) is 0 Å². The predicted octanol–water partition coefficient (Wildman–Crippen LogP) is 16.1. The number of fused-ring (bicyclic) bond motifs is 3. The minimum absolute atomic E-state index is 0.0170. The van der Waals surface area contributed by atoms with Crippen LogP contribution in [0.15, 0.2) is 46.7 Å². The first-order chi connectivity index (χ1) is 25.7. The SMILES string of the molecule is CC(C)[Si](OC1=C[C@H](/C=C(\O[Si](C(C)C)(C(C)C)C(C)C)C2=CCCCC2)O[C@H]2CC(O[Si](C(C)C)(C(C)C)C(C)C)=C3CCCC[C@H]3[C@@H]12)(C(C)C)C(C)C. The first-order valence-corrected chi connectivity index (χ1v) is 29.7. The van der Waals surface area contributed by atoms with E-state index >= 15 is 0 Å². The monoisotopic (exact) mass is 813 g/mol. The van der Waals surface area contributed by atoms with Gasteiger partial charge in [-0.2, -0.15) is 0 Å². The lowest BCUT2D eigenvalue weighted by Crippen LogP contribution is -2.53. The maximum Gasteiger partial charge on any atom is 0.258 e. The molecule has 0 aromatic rings. The van der Waals surface area contributed by atoms with Gasteiger partial charge >= 0.3 is 0 Å². The molecule has 0 saturated heterocycles. The molecule has 1 fully saturated rings. The Morgan fingerprint density at radius 1 is 0.618 bits per heavy atom. The summed E-state index contributed by atoms with van der Waals surface area (Å²) in [7, 11) is -6.63. The smallest absolute Gasteiger partial charge is 0.258 e. The lowest BCUT2D eigenvalue weighted by atomic mass is 9.67. The number of hydrogen-bond acceptors (Lipinski definition) is 4. The van der Waals surface area contributed by atoms with Crippen LogP contribution in [0, 0.1) is 11.8 Å². The Hall–Kier alpha value is -1.03. The molecular weight excluding hydrogens is 725 g/mol. The largest absolute Gasteiger partial charge is 0.546 e. The van der Waals surface area contributed by atoms with Crippen LogP contribution in [-0.4, -0.2) is 37.2 Å². The summed E-state index contributed by atoms with van der Waals surface area (Å²) in [6.07, 6.45) is 17.6. The van der Waals surface area contributed by atoms with Crippen molar-refractivity contribution in [1.82, 2.24) is 0 Å². The molecule has 316 valence electrons. The summed E-state index contributed by atoms with van der Waals surface area (Å²) in [5.41, 5.74) is 7.61. The second-order valence-corrected chi connectivity index (χ2v) is 37.1. The molecule has 1 saturated carbocycles.